The summed E-state index contributed by atoms with van der Waals surface area (Å²) in [4.78, 5) is 27.3. The third-order valence-corrected chi connectivity index (χ3v) is 8.77. The quantitative estimate of drug-likeness (QED) is 0.0373. The maximum absolute atomic E-state index is 12.6. The summed E-state index contributed by atoms with van der Waals surface area (Å²) < 4.78 is 11.4. The minimum Gasteiger partial charge on any atom is -0.462 e. The maximum atomic E-state index is 12.6. The van der Waals surface area contributed by atoms with Crippen LogP contribution in [0.2, 0.25) is 0 Å². The minimum absolute atomic E-state index is 0.149. The Labute approximate surface area is 304 Å². The van der Waals surface area contributed by atoms with Crippen molar-refractivity contribution in [2.45, 2.75) is 194 Å². The van der Waals surface area contributed by atoms with Crippen molar-refractivity contribution in [3.8, 4) is 0 Å². The summed E-state index contributed by atoms with van der Waals surface area (Å²) in [6, 6.07) is 0. The lowest BCUT2D eigenvalue weighted by Crippen LogP contribution is -2.30. The highest BCUT2D eigenvalue weighted by molar-refractivity contribution is 5.70. The summed E-state index contributed by atoms with van der Waals surface area (Å²) in [6.07, 6.45) is 46.2. The van der Waals surface area contributed by atoms with Crippen molar-refractivity contribution in [2.75, 3.05) is 26.7 Å². The lowest BCUT2D eigenvalue weighted by molar-refractivity contribution is -0.159. The molecule has 5 nitrogen and oxygen atoms in total. The third-order valence-electron chi connectivity index (χ3n) is 8.77. The zero-order valence-corrected chi connectivity index (χ0v) is 32.8. The molecule has 0 N–H and O–H groups in total. The molecule has 0 aliphatic heterocycles. The molecule has 0 unspecified atom stereocenters. The van der Waals surface area contributed by atoms with E-state index in [9.17, 15) is 9.59 Å². The summed E-state index contributed by atoms with van der Waals surface area (Å²) in [7, 11) is 2.08. The summed E-state index contributed by atoms with van der Waals surface area (Å²) in [6.45, 7) is 8.61. The smallest absolute Gasteiger partial charge is 0.306 e. The molecule has 0 aromatic carbocycles. The van der Waals surface area contributed by atoms with Gasteiger partial charge in [0.1, 0.15) is 12.7 Å². The molecule has 0 fully saturated rings. The summed E-state index contributed by atoms with van der Waals surface area (Å²) in [5.41, 5.74) is 0. The molecule has 0 saturated heterocycles. The monoisotopic (exact) mass is 686 g/mol. The predicted molar refractivity (Wildman–Crippen MR) is 212 cm³/mol. The van der Waals surface area contributed by atoms with Gasteiger partial charge in [-0.2, -0.15) is 0 Å². The van der Waals surface area contributed by atoms with Gasteiger partial charge >= 0.3 is 11.9 Å². The third kappa shape index (κ3) is 37.0. The zero-order valence-electron chi connectivity index (χ0n) is 32.8. The second-order valence-corrected chi connectivity index (χ2v) is 13.8. The second kappa shape index (κ2) is 38.7. The van der Waals surface area contributed by atoms with Gasteiger partial charge in [0.15, 0.2) is 0 Å². The molecular formula is C44H79NO4. The van der Waals surface area contributed by atoms with Crippen LogP contribution >= 0.6 is 0 Å². The largest absolute Gasteiger partial charge is 0.462 e. The first-order chi connectivity index (χ1) is 24.0. The number of nitrogens with zero attached hydrogens (tertiary/aromatic N) is 1. The Morgan fingerprint density at radius 1 is 0.490 bits per heavy atom. The average molecular weight is 686 g/mol. The molecule has 0 saturated carbocycles. The van der Waals surface area contributed by atoms with Crippen LogP contribution in [0.3, 0.4) is 0 Å². The van der Waals surface area contributed by atoms with Gasteiger partial charge < -0.3 is 14.4 Å². The average Bonchev–Trinajstić information content (AvgIpc) is 3.09. The Kier molecular flexibility index (Phi) is 37.0. The predicted octanol–water partition coefficient (Wildman–Crippen LogP) is 12.8. The van der Waals surface area contributed by atoms with E-state index in [1.165, 1.54) is 89.9 Å². The van der Waals surface area contributed by atoms with Gasteiger partial charge in [0.2, 0.25) is 0 Å². The summed E-state index contributed by atoms with van der Waals surface area (Å²) in [5.74, 6) is -0.378. The van der Waals surface area contributed by atoms with Crippen molar-refractivity contribution in [1.82, 2.24) is 4.90 Å². The highest BCUT2D eigenvalue weighted by Crippen LogP contribution is 2.11. The molecule has 0 bridgehead atoms. The van der Waals surface area contributed by atoms with Crippen molar-refractivity contribution in [1.29, 1.82) is 0 Å². The zero-order chi connectivity index (χ0) is 35.9. The Morgan fingerprint density at radius 3 is 1.24 bits per heavy atom. The van der Waals surface area contributed by atoms with Crippen LogP contribution in [0.15, 0.2) is 48.6 Å². The number of allylic oxidation sites excluding steroid dienone is 8. The number of carbonyl (C=O) groups excluding carboxylic acids is 2. The highest BCUT2D eigenvalue weighted by atomic mass is 16.6. The van der Waals surface area contributed by atoms with E-state index < -0.39 is 0 Å². The van der Waals surface area contributed by atoms with Crippen LogP contribution in [0.25, 0.3) is 0 Å². The molecular weight excluding hydrogens is 606 g/mol. The van der Waals surface area contributed by atoms with Crippen molar-refractivity contribution in [3.05, 3.63) is 48.6 Å². The van der Waals surface area contributed by atoms with Gasteiger partial charge in [0.25, 0.3) is 0 Å². The number of ether oxygens (including phenoxy) is 2. The Balaban J connectivity index is 4.11. The summed E-state index contributed by atoms with van der Waals surface area (Å²) in [5, 5.41) is 0. The Morgan fingerprint density at radius 2 is 0.857 bits per heavy atom. The van der Waals surface area contributed by atoms with Gasteiger partial charge in [0.05, 0.1) is 0 Å². The topological polar surface area (TPSA) is 55.8 Å². The van der Waals surface area contributed by atoms with E-state index in [1.807, 2.05) is 0 Å². The van der Waals surface area contributed by atoms with Crippen molar-refractivity contribution in [2.24, 2.45) is 0 Å². The Hall–Kier alpha value is -2.14. The molecule has 49 heavy (non-hydrogen) atoms. The molecule has 0 aromatic heterocycles. The molecule has 1 atom stereocenters. The first-order valence-electron chi connectivity index (χ1n) is 20.7. The Bertz CT molecular complexity index is 846. The van der Waals surface area contributed by atoms with Crippen LogP contribution in [0, 0.1) is 0 Å². The normalized spacial score (nSPS) is 12.8. The fourth-order valence-corrected chi connectivity index (χ4v) is 5.62. The molecule has 0 aliphatic carbocycles. The van der Waals surface area contributed by atoms with Crippen molar-refractivity contribution < 1.29 is 19.1 Å². The lowest BCUT2D eigenvalue weighted by atomic mass is 10.1. The van der Waals surface area contributed by atoms with Crippen LogP contribution in [0.5, 0.6) is 0 Å². The van der Waals surface area contributed by atoms with Crippen LogP contribution < -0.4 is 0 Å². The number of esters is 2. The number of rotatable bonds is 36. The molecule has 5 heteroatoms. The van der Waals surface area contributed by atoms with E-state index in [0.29, 0.717) is 19.3 Å². The molecule has 0 heterocycles. The fourth-order valence-electron chi connectivity index (χ4n) is 5.62. The van der Waals surface area contributed by atoms with Gasteiger partial charge in [-0.1, -0.05) is 95.1 Å². The fraction of sp³-hybridized carbons (Fsp3) is 0.773. The molecule has 0 amide bonds. The number of unbranched alkanes of at least 4 members (excludes halogenated alkanes) is 16. The molecule has 0 spiro atoms. The van der Waals surface area contributed by atoms with Gasteiger partial charge in [-0.15, -0.1) is 0 Å². The van der Waals surface area contributed by atoms with Crippen LogP contribution in [0.4, 0.5) is 0 Å². The summed E-state index contributed by atoms with van der Waals surface area (Å²) >= 11 is 0. The van der Waals surface area contributed by atoms with Gasteiger partial charge in [-0.05, 0) is 136 Å². The molecule has 284 valence electrons. The van der Waals surface area contributed by atoms with E-state index in [0.717, 1.165) is 70.9 Å². The molecule has 0 rings (SSSR count). The maximum Gasteiger partial charge on any atom is 0.306 e. The first kappa shape index (κ1) is 46.9. The van der Waals surface area contributed by atoms with E-state index in [1.54, 1.807) is 0 Å². The van der Waals surface area contributed by atoms with Crippen molar-refractivity contribution in [3.63, 3.8) is 0 Å². The second-order valence-electron chi connectivity index (χ2n) is 13.8. The number of hydrogen-bond acceptors (Lipinski definition) is 5. The van der Waals surface area contributed by atoms with Crippen LogP contribution in [0.1, 0.15) is 188 Å². The van der Waals surface area contributed by atoms with Crippen LogP contribution in [-0.2, 0) is 19.1 Å². The molecule has 0 radical (unpaired) electrons. The van der Waals surface area contributed by atoms with Crippen molar-refractivity contribution >= 4 is 11.9 Å². The van der Waals surface area contributed by atoms with Gasteiger partial charge in [0, 0.05) is 25.8 Å². The SMILES string of the molecule is CCCCC/C=C\CCCC/C=C\CCCCC(=O)OC[C@H](CCN(C)CCC)OC(=O)CCCC/C=C\CCCC/C=C\CCCCC. The minimum atomic E-state index is -0.388. The van der Waals surface area contributed by atoms with E-state index in [-0.39, 0.29) is 24.6 Å². The van der Waals surface area contributed by atoms with E-state index in [4.69, 9.17) is 9.47 Å². The molecule has 0 aromatic rings. The lowest BCUT2D eigenvalue weighted by Gasteiger charge is -2.21. The van der Waals surface area contributed by atoms with Gasteiger partial charge in [-0.25, -0.2) is 0 Å². The highest BCUT2D eigenvalue weighted by Gasteiger charge is 2.17. The standard InChI is InChI=1S/C44H79NO4/c1-5-8-10-12-14-16-18-20-22-24-26-28-30-32-34-36-43(46)48-41-42(38-40-45(4)39-7-3)49-44(47)37-35-33-31-29-27-25-23-21-19-17-15-13-11-9-6-2/h14-17,26-29,42H,5-13,18-25,30-41H2,1-4H3/b16-14-,17-15-,28-26-,29-27-/t42-/m0/s1. The first-order valence-corrected chi connectivity index (χ1v) is 20.7. The van der Waals surface area contributed by atoms with Crippen LogP contribution in [-0.4, -0.2) is 49.7 Å². The number of hydrogen-bond donors (Lipinski definition) is 0. The number of carbonyl (C=O) groups is 2. The van der Waals surface area contributed by atoms with E-state index in [2.05, 4.69) is 81.3 Å². The molecule has 0 aliphatic rings. The van der Waals surface area contributed by atoms with Gasteiger partial charge in [-0.3, -0.25) is 9.59 Å². The van der Waals surface area contributed by atoms with E-state index >= 15 is 0 Å².